The highest BCUT2D eigenvalue weighted by Crippen LogP contribution is 2.37. The van der Waals surface area contributed by atoms with Crippen LogP contribution >= 0.6 is 11.6 Å². The van der Waals surface area contributed by atoms with Crippen LogP contribution in [0.3, 0.4) is 0 Å². The molecule has 0 spiro atoms. The summed E-state index contributed by atoms with van der Waals surface area (Å²) < 4.78 is 15.5. The number of fused-ring (bicyclic) bond motifs is 1. The molecule has 3 heterocycles. The molecule has 0 unspecified atom stereocenters. The lowest BCUT2D eigenvalue weighted by atomic mass is 10.1. The third-order valence-electron chi connectivity index (χ3n) is 6.85. The van der Waals surface area contributed by atoms with E-state index in [0.29, 0.717) is 0 Å². The predicted octanol–water partition coefficient (Wildman–Crippen LogP) is 6.52. The molecule has 0 N–H and O–H groups in total. The van der Waals surface area contributed by atoms with Crippen molar-refractivity contribution in [2.24, 2.45) is 0 Å². The van der Waals surface area contributed by atoms with Gasteiger partial charge in [0.15, 0.2) is 5.65 Å². The van der Waals surface area contributed by atoms with E-state index in [0.717, 1.165) is 76.1 Å². The van der Waals surface area contributed by atoms with E-state index < -0.39 is 0 Å². The number of halogens is 2. The van der Waals surface area contributed by atoms with Crippen LogP contribution in [0.2, 0.25) is 5.02 Å². The fraction of sp³-hybridized carbons (Fsp3) is 0.172. The third-order valence-corrected chi connectivity index (χ3v) is 7.26. The average Bonchev–Trinajstić information content (AvgIpc) is 3.31. The number of hydrogen-bond donors (Lipinski definition) is 0. The number of nitrogens with zero attached hydrogens (tertiary/aromatic N) is 5. The maximum absolute atomic E-state index is 13.4. The van der Waals surface area contributed by atoms with Crippen molar-refractivity contribution in [2.75, 3.05) is 36.0 Å². The van der Waals surface area contributed by atoms with Gasteiger partial charge in [0.1, 0.15) is 18.0 Å². The largest absolute Gasteiger partial charge is 0.368 e. The van der Waals surface area contributed by atoms with Crippen molar-refractivity contribution >= 4 is 34.1 Å². The van der Waals surface area contributed by atoms with Crippen LogP contribution in [0.4, 0.5) is 15.9 Å². The number of aromatic nitrogens is 3. The van der Waals surface area contributed by atoms with E-state index >= 15 is 0 Å². The molecule has 0 radical (unpaired) electrons. The van der Waals surface area contributed by atoms with Crippen LogP contribution in [0.15, 0.2) is 85.3 Å². The van der Waals surface area contributed by atoms with E-state index in [9.17, 15) is 4.39 Å². The summed E-state index contributed by atoms with van der Waals surface area (Å²) in [6.45, 7) is 5.26. The second kappa shape index (κ2) is 9.28. The Morgan fingerprint density at radius 3 is 2.22 bits per heavy atom. The molecule has 0 amide bonds. The summed E-state index contributed by atoms with van der Waals surface area (Å²) in [4.78, 5) is 14.1. The first-order chi connectivity index (χ1) is 17.6. The molecule has 1 fully saturated rings. The number of rotatable bonds is 4. The molecule has 36 heavy (non-hydrogen) atoms. The van der Waals surface area contributed by atoms with Gasteiger partial charge in [0.25, 0.3) is 0 Å². The minimum Gasteiger partial charge on any atom is -0.368 e. The summed E-state index contributed by atoms with van der Waals surface area (Å²) in [7, 11) is 0. The van der Waals surface area contributed by atoms with Gasteiger partial charge in [-0.05, 0) is 54.4 Å². The van der Waals surface area contributed by atoms with Gasteiger partial charge in [-0.15, -0.1) is 0 Å². The number of hydrogen-bond acceptors (Lipinski definition) is 4. The number of aryl methyl sites for hydroxylation is 1. The molecule has 180 valence electrons. The van der Waals surface area contributed by atoms with Crippen LogP contribution in [0.25, 0.3) is 27.8 Å². The molecular formula is C29H25ClFN5. The van der Waals surface area contributed by atoms with E-state index in [2.05, 4.69) is 38.8 Å². The summed E-state index contributed by atoms with van der Waals surface area (Å²) in [5.74, 6) is 0.711. The second-order valence-electron chi connectivity index (χ2n) is 9.06. The SMILES string of the molecule is Cc1ccc(-n2cc(-c3ccccc3)c3c(N4CCN(c5ccc(F)cc5)CC4)ncnc32)cc1Cl. The zero-order chi connectivity index (χ0) is 24.6. The molecule has 0 saturated carbocycles. The molecule has 0 atom stereocenters. The van der Waals surface area contributed by atoms with Gasteiger partial charge >= 0.3 is 0 Å². The van der Waals surface area contributed by atoms with Gasteiger partial charge in [-0.2, -0.15) is 0 Å². The Bertz CT molecular complexity index is 1520. The quantitative estimate of drug-likeness (QED) is 0.283. The fourth-order valence-electron chi connectivity index (χ4n) is 4.88. The molecule has 0 bridgehead atoms. The van der Waals surface area contributed by atoms with Gasteiger partial charge in [-0.1, -0.05) is 48.0 Å². The maximum Gasteiger partial charge on any atom is 0.150 e. The van der Waals surface area contributed by atoms with Crippen molar-refractivity contribution < 1.29 is 4.39 Å². The molecule has 6 rings (SSSR count). The van der Waals surface area contributed by atoms with Gasteiger partial charge in [0.05, 0.1) is 5.39 Å². The second-order valence-corrected chi connectivity index (χ2v) is 9.47. The van der Waals surface area contributed by atoms with Gasteiger partial charge in [-0.3, -0.25) is 0 Å². The minimum absolute atomic E-state index is 0.214. The van der Waals surface area contributed by atoms with Crippen LogP contribution in [0.5, 0.6) is 0 Å². The summed E-state index contributed by atoms with van der Waals surface area (Å²) in [6.07, 6.45) is 3.78. The lowest BCUT2D eigenvalue weighted by molar-refractivity contribution is 0.624. The predicted molar refractivity (Wildman–Crippen MR) is 145 cm³/mol. The van der Waals surface area contributed by atoms with Crippen LogP contribution in [-0.4, -0.2) is 40.7 Å². The summed E-state index contributed by atoms with van der Waals surface area (Å²) in [6, 6.07) is 23.1. The molecule has 1 aliphatic heterocycles. The van der Waals surface area contributed by atoms with Crippen molar-refractivity contribution in [3.63, 3.8) is 0 Å². The van der Waals surface area contributed by atoms with Crippen molar-refractivity contribution in [1.29, 1.82) is 0 Å². The molecule has 5 aromatic rings. The average molecular weight is 498 g/mol. The molecule has 5 nitrogen and oxygen atoms in total. The van der Waals surface area contributed by atoms with Crippen molar-refractivity contribution in [2.45, 2.75) is 6.92 Å². The summed E-state index contributed by atoms with van der Waals surface area (Å²) in [5.41, 5.74) is 6.08. The van der Waals surface area contributed by atoms with E-state index in [4.69, 9.17) is 21.6 Å². The van der Waals surface area contributed by atoms with Gasteiger partial charge in [0, 0.05) is 54.3 Å². The highest BCUT2D eigenvalue weighted by atomic mass is 35.5. The van der Waals surface area contributed by atoms with E-state index in [1.165, 1.54) is 12.1 Å². The Morgan fingerprint density at radius 1 is 0.806 bits per heavy atom. The molecule has 0 aliphatic carbocycles. The lowest BCUT2D eigenvalue weighted by Gasteiger charge is -2.37. The first-order valence-electron chi connectivity index (χ1n) is 12.0. The highest BCUT2D eigenvalue weighted by molar-refractivity contribution is 6.31. The first-order valence-corrected chi connectivity index (χ1v) is 12.4. The molecule has 3 aromatic carbocycles. The molecule has 1 saturated heterocycles. The summed E-state index contributed by atoms with van der Waals surface area (Å²) in [5, 5.41) is 1.75. The Labute approximate surface area is 214 Å². The Kier molecular flexibility index (Phi) is 5.82. The molecule has 2 aromatic heterocycles. The number of benzene rings is 3. The molecule has 7 heteroatoms. The highest BCUT2D eigenvalue weighted by Gasteiger charge is 2.24. The molecule has 1 aliphatic rings. The van der Waals surface area contributed by atoms with E-state index in [-0.39, 0.29) is 5.82 Å². The first kappa shape index (κ1) is 22.6. The third kappa shape index (κ3) is 4.07. The van der Waals surface area contributed by atoms with Crippen LogP contribution in [-0.2, 0) is 0 Å². The topological polar surface area (TPSA) is 37.2 Å². The van der Waals surface area contributed by atoms with Gasteiger partial charge < -0.3 is 14.4 Å². The maximum atomic E-state index is 13.4. The van der Waals surface area contributed by atoms with Gasteiger partial charge in [-0.25, -0.2) is 14.4 Å². The van der Waals surface area contributed by atoms with Crippen LogP contribution < -0.4 is 9.80 Å². The normalized spacial score (nSPS) is 14.0. The van der Waals surface area contributed by atoms with Crippen molar-refractivity contribution in [1.82, 2.24) is 14.5 Å². The van der Waals surface area contributed by atoms with Gasteiger partial charge in [0.2, 0.25) is 0 Å². The number of piperazine rings is 1. The van der Waals surface area contributed by atoms with Crippen molar-refractivity contribution in [3.8, 4) is 16.8 Å². The molecular weight excluding hydrogens is 473 g/mol. The Morgan fingerprint density at radius 2 is 1.50 bits per heavy atom. The Hall–Kier alpha value is -3.90. The zero-order valence-corrected chi connectivity index (χ0v) is 20.7. The number of anilines is 2. The smallest absolute Gasteiger partial charge is 0.150 e. The zero-order valence-electron chi connectivity index (χ0n) is 19.9. The van der Waals surface area contributed by atoms with Crippen LogP contribution in [0.1, 0.15) is 5.56 Å². The monoisotopic (exact) mass is 497 g/mol. The van der Waals surface area contributed by atoms with Crippen LogP contribution in [0, 0.1) is 12.7 Å². The van der Waals surface area contributed by atoms with Crippen molar-refractivity contribution in [3.05, 3.63) is 102 Å². The van der Waals surface area contributed by atoms with E-state index in [1.54, 1.807) is 6.33 Å². The lowest BCUT2D eigenvalue weighted by Crippen LogP contribution is -2.46. The fourth-order valence-corrected chi connectivity index (χ4v) is 5.05. The summed E-state index contributed by atoms with van der Waals surface area (Å²) >= 11 is 6.48. The Balaban J connectivity index is 1.42. The van der Waals surface area contributed by atoms with E-state index in [1.807, 2.05) is 49.4 Å². The minimum atomic E-state index is -0.214. The standard InChI is InChI=1S/C29H25ClFN5/c1-20-7-10-24(17-26(20)30)36-18-25(21-5-3-2-4-6-21)27-28(32-19-33-29(27)36)35-15-13-34(14-16-35)23-11-8-22(31)9-12-23/h2-12,17-19H,13-16H2,1H3.